The van der Waals surface area contributed by atoms with Gasteiger partial charge in [0.1, 0.15) is 5.82 Å². The Morgan fingerprint density at radius 1 is 1.28 bits per heavy atom. The van der Waals surface area contributed by atoms with Crippen LogP contribution in [0.1, 0.15) is 0 Å². The summed E-state index contributed by atoms with van der Waals surface area (Å²) < 4.78 is 74.5. The highest BCUT2D eigenvalue weighted by Crippen LogP contribution is 2.30. The molecule has 1 N–H and O–H groups in total. The Morgan fingerprint density at radius 2 is 1.83 bits per heavy atom. The van der Waals surface area contributed by atoms with Crippen LogP contribution in [-0.2, 0) is 4.79 Å². The number of nitrogens with one attached hydrogen (secondary N) is 1. The van der Waals surface area contributed by atoms with Gasteiger partial charge in [-0.25, -0.2) is 17.6 Å². The minimum atomic E-state index is -5.01. The molecule has 0 aromatic heterocycles. The zero-order valence-corrected chi connectivity index (χ0v) is 9.04. The first kappa shape index (κ1) is 14.6. The summed E-state index contributed by atoms with van der Waals surface area (Å²) in [6, 6.07) is 0.781. The predicted octanol–water partition coefficient (Wildman–Crippen LogP) is 3.46. The molecule has 0 saturated heterocycles. The number of hydrogen-bond acceptors (Lipinski definition) is 1. The Kier molecular flexibility index (Phi) is 4.10. The van der Waals surface area contributed by atoms with E-state index in [0.717, 1.165) is 0 Å². The lowest BCUT2D eigenvalue weighted by Gasteiger charge is -2.15. The third kappa shape index (κ3) is 2.87. The zero-order chi connectivity index (χ0) is 14.1. The van der Waals surface area contributed by atoms with E-state index in [9.17, 15) is 31.1 Å². The molecule has 0 aliphatic heterocycles. The van der Waals surface area contributed by atoms with Gasteiger partial charge in [0.15, 0.2) is 5.82 Å². The van der Waals surface area contributed by atoms with Crippen LogP contribution in [0.25, 0.3) is 0 Å². The van der Waals surface area contributed by atoms with Crippen LogP contribution in [0.3, 0.4) is 0 Å². The normalized spacial score (nSPS) is 11.8. The highest BCUT2D eigenvalue weighted by molar-refractivity contribution is 6.33. The van der Waals surface area contributed by atoms with E-state index < -0.39 is 40.6 Å². The van der Waals surface area contributed by atoms with E-state index >= 15 is 0 Å². The van der Waals surface area contributed by atoms with Crippen LogP contribution in [0.2, 0.25) is 5.02 Å². The van der Waals surface area contributed by atoms with Crippen molar-refractivity contribution < 1.29 is 31.1 Å². The number of carbonyl (C=O) groups excluding carboxylic acids is 1. The van der Waals surface area contributed by atoms with Gasteiger partial charge in [0.05, 0.1) is 10.7 Å². The Labute approximate surface area is 102 Å². The number of carbonyl (C=O) groups is 1. The standard InChI is InChI=1S/C9H4ClF6NO/c10-4-1-3(11)2-5(12)6(4)17-8(18)9(15,16)7(13)14/h1-2,7H,(H,17,18). The maximum Gasteiger partial charge on any atom is 0.383 e. The number of alkyl halides is 4. The van der Waals surface area contributed by atoms with Gasteiger partial charge in [-0.05, 0) is 6.07 Å². The van der Waals surface area contributed by atoms with Crippen molar-refractivity contribution in [2.75, 3.05) is 5.32 Å². The summed E-state index contributed by atoms with van der Waals surface area (Å²) in [5, 5.41) is 0.454. The van der Waals surface area contributed by atoms with Gasteiger partial charge in [-0.1, -0.05) is 11.6 Å². The fourth-order valence-corrected chi connectivity index (χ4v) is 1.20. The second-order valence-corrected chi connectivity index (χ2v) is 3.53. The van der Waals surface area contributed by atoms with Crippen molar-refractivity contribution in [2.45, 2.75) is 12.3 Å². The average molecular weight is 292 g/mol. The van der Waals surface area contributed by atoms with Crippen LogP contribution < -0.4 is 5.32 Å². The molecule has 0 aliphatic rings. The molecule has 0 fully saturated rings. The maximum atomic E-state index is 13.1. The molecule has 1 amide bonds. The van der Waals surface area contributed by atoms with Gasteiger partial charge in [0.25, 0.3) is 0 Å². The van der Waals surface area contributed by atoms with E-state index in [0.29, 0.717) is 6.07 Å². The molecule has 100 valence electrons. The molecule has 0 bridgehead atoms. The number of amides is 1. The number of hydrogen-bond donors (Lipinski definition) is 1. The van der Waals surface area contributed by atoms with Crippen molar-refractivity contribution in [3.8, 4) is 0 Å². The molecule has 0 atom stereocenters. The molecule has 0 heterocycles. The van der Waals surface area contributed by atoms with Crippen molar-refractivity contribution in [3.05, 3.63) is 28.8 Å². The minimum Gasteiger partial charge on any atom is -0.317 e. The highest BCUT2D eigenvalue weighted by Gasteiger charge is 2.49. The van der Waals surface area contributed by atoms with Crippen LogP contribution >= 0.6 is 11.6 Å². The molecule has 18 heavy (non-hydrogen) atoms. The first-order chi connectivity index (χ1) is 8.16. The number of halogens is 7. The van der Waals surface area contributed by atoms with Gasteiger partial charge in [0.2, 0.25) is 0 Å². The van der Waals surface area contributed by atoms with Gasteiger partial charge in [-0.3, -0.25) is 4.79 Å². The summed E-state index contributed by atoms with van der Waals surface area (Å²) in [6.45, 7) is 0. The second kappa shape index (κ2) is 5.05. The fourth-order valence-electron chi connectivity index (χ4n) is 0.958. The first-order valence-electron chi connectivity index (χ1n) is 4.28. The maximum absolute atomic E-state index is 13.1. The van der Waals surface area contributed by atoms with E-state index in [1.54, 1.807) is 0 Å². The molecular formula is C9H4ClF6NO. The van der Waals surface area contributed by atoms with Crippen molar-refractivity contribution in [1.29, 1.82) is 0 Å². The first-order valence-corrected chi connectivity index (χ1v) is 4.66. The molecule has 0 spiro atoms. The van der Waals surface area contributed by atoms with E-state index in [4.69, 9.17) is 11.6 Å². The second-order valence-electron chi connectivity index (χ2n) is 3.12. The Balaban J connectivity index is 3.03. The fraction of sp³-hybridized carbons (Fsp3) is 0.222. The Morgan fingerprint density at radius 3 is 2.28 bits per heavy atom. The third-order valence-electron chi connectivity index (χ3n) is 1.82. The number of rotatable bonds is 3. The third-order valence-corrected chi connectivity index (χ3v) is 2.12. The summed E-state index contributed by atoms with van der Waals surface area (Å²) >= 11 is 5.28. The zero-order valence-electron chi connectivity index (χ0n) is 8.29. The molecule has 1 aromatic rings. The van der Waals surface area contributed by atoms with Gasteiger partial charge in [0, 0.05) is 6.07 Å². The van der Waals surface area contributed by atoms with Gasteiger partial charge in [-0.2, -0.15) is 8.78 Å². The van der Waals surface area contributed by atoms with E-state index in [1.807, 2.05) is 0 Å². The van der Waals surface area contributed by atoms with E-state index in [2.05, 4.69) is 0 Å². The molecule has 1 rings (SSSR count). The van der Waals surface area contributed by atoms with E-state index in [1.165, 1.54) is 5.32 Å². The van der Waals surface area contributed by atoms with Crippen molar-refractivity contribution in [3.63, 3.8) is 0 Å². The predicted molar refractivity (Wildman–Crippen MR) is 50.9 cm³/mol. The molecule has 0 unspecified atom stereocenters. The largest absolute Gasteiger partial charge is 0.383 e. The van der Waals surface area contributed by atoms with Crippen molar-refractivity contribution in [1.82, 2.24) is 0 Å². The summed E-state index contributed by atoms with van der Waals surface area (Å²) in [4.78, 5) is 10.8. The molecule has 9 heteroatoms. The average Bonchev–Trinajstić information content (AvgIpc) is 2.22. The van der Waals surface area contributed by atoms with Crippen molar-refractivity contribution in [2.24, 2.45) is 0 Å². The summed E-state index contributed by atoms with van der Waals surface area (Å²) in [7, 11) is 0. The van der Waals surface area contributed by atoms with Crippen LogP contribution in [0.5, 0.6) is 0 Å². The Hall–Kier alpha value is -1.44. The Bertz CT molecular complexity index is 455. The van der Waals surface area contributed by atoms with Crippen LogP contribution in [0, 0.1) is 11.6 Å². The van der Waals surface area contributed by atoms with Crippen LogP contribution in [-0.4, -0.2) is 18.3 Å². The monoisotopic (exact) mass is 291 g/mol. The summed E-state index contributed by atoms with van der Waals surface area (Å²) in [5.74, 6) is -10.0. The van der Waals surface area contributed by atoms with E-state index in [-0.39, 0.29) is 6.07 Å². The topological polar surface area (TPSA) is 29.1 Å². The summed E-state index contributed by atoms with van der Waals surface area (Å²) in [6.07, 6.45) is -4.26. The lowest BCUT2D eigenvalue weighted by Crippen LogP contribution is -2.41. The molecular weight excluding hydrogens is 288 g/mol. The van der Waals surface area contributed by atoms with Gasteiger partial charge >= 0.3 is 18.3 Å². The molecule has 0 saturated carbocycles. The lowest BCUT2D eigenvalue weighted by molar-refractivity contribution is -0.163. The SMILES string of the molecule is O=C(Nc1c(F)cc(F)cc1Cl)C(F)(F)C(F)F. The summed E-state index contributed by atoms with van der Waals surface area (Å²) in [5.41, 5.74) is -0.997. The van der Waals surface area contributed by atoms with Crippen LogP contribution in [0.15, 0.2) is 12.1 Å². The quantitative estimate of drug-likeness (QED) is 0.849. The minimum absolute atomic E-state index is 0.252. The number of anilines is 1. The lowest BCUT2D eigenvalue weighted by atomic mass is 10.2. The molecule has 2 nitrogen and oxygen atoms in total. The highest BCUT2D eigenvalue weighted by atomic mass is 35.5. The van der Waals surface area contributed by atoms with Crippen molar-refractivity contribution >= 4 is 23.2 Å². The molecule has 0 radical (unpaired) electrons. The molecule has 0 aliphatic carbocycles. The van der Waals surface area contributed by atoms with Gasteiger partial charge < -0.3 is 5.32 Å². The number of benzene rings is 1. The smallest absolute Gasteiger partial charge is 0.317 e. The van der Waals surface area contributed by atoms with Crippen LogP contribution in [0.4, 0.5) is 32.0 Å². The van der Waals surface area contributed by atoms with Gasteiger partial charge in [-0.15, -0.1) is 0 Å². The molecule has 1 aromatic carbocycles.